The maximum absolute atomic E-state index is 12.8. The van der Waals surface area contributed by atoms with Crippen LogP contribution in [0.4, 0.5) is 4.39 Å². The van der Waals surface area contributed by atoms with Crippen LogP contribution in [0, 0.1) is 16.3 Å². The molecule has 0 N–H and O–H groups in total. The second-order valence-electron chi connectivity index (χ2n) is 2.29. The average Bonchev–Trinajstić information content (AvgIpc) is 1.98. The van der Waals surface area contributed by atoms with Gasteiger partial charge in [-0.1, -0.05) is 0 Å². The van der Waals surface area contributed by atoms with Crippen molar-refractivity contribution in [3.63, 3.8) is 0 Å². The molecule has 1 rings (SSSR count). The summed E-state index contributed by atoms with van der Waals surface area (Å²) in [5.41, 5.74) is 0.774. The van der Waals surface area contributed by atoms with E-state index in [0.29, 0.717) is 0 Å². The number of rotatable bonds is 2. The first-order chi connectivity index (χ1) is 5.24. The van der Waals surface area contributed by atoms with Gasteiger partial charge < -0.3 is 0 Å². The van der Waals surface area contributed by atoms with Gasteiger partial charge in [0.15, 0.2) is 0 Å². The Balaban J connectivity index is 2.86. The fraction of sp³-hybridized carbons (Fsp3) is 0.333. The first kappa shape index (κ1) is 8.97. The Morgan fingerprint density at radius 3 is 2.73 bits per heavy atom. The molecular formula is C9H11FI-. The normalized spacial score (nSPS) is 10.5. The van der Waals surface area contributed by atoms with E-state index in [1.54, 1.807) is 6.07 Å². The van der Waals surface area contributed by atoms with Crippen molar-refractivity contribution in [2.24, 2.45) is 0 Å². The molecule has 0 amide bonds. The van der Waals surface area contributed by atoms with Crippen molar-refractivity contribution < 1.29 is 25.6 Å². The molecule has 0 unspecified atom stereocenters. The third-order valence-electron chi connectivity index (χ3n) is 1.41. The summed E-state index contributed by atoms with van der Waals surface area (Å²) in [4.78, 5) is 0. The molecule has 0 fully saturated rings. The monoisotopic (exact) mass is 265 g/mol. The number of benzene rings is 1. The van der Waals surface area contributed by atoms with Crippen molar-refractivity contribution in [3.05, 3.63) is 33.1 Å². The Bertz CT molecular complexity index is 245. The Morgan fingerprint density at radius 2 is 2.18 bits per heavy atom. The van der Waals surface area contributed by atoms with Gasteiger partial charge >= 0.3 is 77.0 Å². The maximum atomic E-state index is 12.8. The molecule has 0 saturated carbocycles. The molecule has 0 heterocycles. The molecule has 0 spiro atoms. The molecule has 1 aromatic rings. The number of halogens is 2. The SMILES string of the molecule is CC[I-]c1ccc(F)c(C)c1. The molecule has 0 atom stereocenters. The zero-order valence-electron chi connectivity index (χ0n) is 6.70. The van der Waals surface area contributed by atoms with Gasteiger partial charge in [0, 0.05) is 0 Å². The summed E-state index contributed by atoms with van der Waals surface area (Å²) < 4.78 is 15.3. The van der Waals surface area contributed by atoms with E-state index in [0.717, 1.165) is 5.56 Å². The van der Waals surface area contributed by atoms with Gasteiger partial charge in [-0.3, -0.25) is 0 Å². The molecule has 2 heteroatoms. The minimum atomic E-state index is -0.0890. The summed E-state index contributed by atoms with van der Waals surface area (Å²) in [6.45, 7) is 3.99. The van der Waals surface area contributed by atoms with Crippen LogP contribution in [-0.4, -0.2) is 4.43 Å². The quantitative estimate of drug-likeness (QED) is 0.495. The predicted molar refractivity (Wildman–Crippen MR) is 40.4 cm³/mol. The van der Waals surface area contributed by atoms with Crippen LogP contribution in [0.5, 0.6) is 0 Å². The van der Waals surface area contributed by atoms with Gasteiger partial charge in [-0.05, 0) is 0 Å². The summed E-state index contributed by atoms with van der Waals surface area (Å²) >= 11 is 0.134. The van der Waals surface area contributed by atoms with Crippen LogP contribution in [0.25, 0.3) is 0 Å². The topological polar surface area (TPSA) is 0 Å². The van der Waals surface area contributed by atoms with E-state index in [9.17, 15) is 4.39 Å². The van der Waals surface area contributed by atoms with Gasteiger partial charge in [-0.15, -0.1) is 0 Å². The van der Waals surface area contributed by atoms with Crippen molar-refractivity contribution in [2.75, 3.05) is 4.43 Å². The summed E-state index contributed by atoms with van der Waals surface area (Å²) in [6, 6.07) is 5.44. The van der Waals surface area contributed by atoms with E-state index in [-0.39, 0.29) is 27.0 Å². The van der Waals surface area contributed by atoms with Crippen molar-refractivity contribution in [3.8, 4) is 0 Å². The molecule has 0 nitrogen and oxygen atoms in total. The van der Waals surface area contributed by atoms with Crippen LogP contribution in [0.15, 0.2) is 18.2 Å². The van der Waals surface area contributed by atoms with E-state index in [4.69, 9.17) is 0 Å². The minimum absolute atomic E-state index is 0.0890. The summed E-state index contributed by atoms with van der Waals surface area (Å²) in [5, 5.41) is 0. The molecule has 0 aliphatic carbocycles. The first-order valence-corrected chi connectivity index (χ1v) is 6.19. The molecule has 11 heavy (non-hydrogen) atoms. The van der Waals surface area contributed by atoms with Crippen molar-refractivity contribution in [1.29, 1.82) is 0 Å². The zero-order chi connectivity index (χ0) is 8.27. The molecule has 0 radical (unpaired) electrons. The van der Waals surface area contributed by atoms with Crippen LogP contribution < -0.4 is 21.2 Å². The molecule has 1 aromatic carbocycles. The number of hydrogen-bond donors (Lipinski definition) is 0. The van der Waals surface area contributed by atoms with E-state index in [2.05, 4.69) is 6.92 Å². The Labute approximate surface area is 77.1 Å². The van der Waals surface area contributed by atoms with Gasteiger partial charge in [0.25, 0.3) is 0 Å². The Hall–Kier alpha value is -0.120. The Kier molecular flexibility index (Phi) is 3.30. The van der Waals surface area contributed by atoms with E-state index >= 15 is 0 Å². The predicted octanol–water partition coefficient (Wildman–Crippen LogP) is -0.587. The molecule has 0 aliphatic heterocycles. The third-order valence-corrected chi connectivity index (χ3v) is 3.72. The summed E-state index contributed by atoms with van der Waals surface area (Å²) in [7, 11) is 0. The zero-order valence-corrected chi connectivity index (χ0v) is 8.85. The average molecular weight is 265 g/mol. The van der Waals surface area contributed by atoms with Crippen molar-refractivity contribution >= 4 is 0 Å². The van der Waals surface area contributed by atoms with Gasteiger partial charge in [-0.2, -0.15) is 0 Å². The van der Waals surface area contributed by atoms with Gasteiger partial charge in [0.1, 0.15) is 0 Å². The van der Waals surface area contributed by atoms with Gasteiger partial charge in [0.05, 0.1) is 0 Å². The molecule has 0 bridgehead atoms. The fourth-order valence-electron chi connectivity index (χ4n) is 0.846. The number of aryl methyl sites for hydroxylation is 1. The molecule has 0 saturated heterocycles. The number of alkyl halides is 1. The Morgan fingerprint density at radius 1 is 1.45 bits per heavy atom. The molecular weight excluding hydrogens is 254 g/mol. The third kappa shape index (κ3) is 2.43. The molecule has 0 aromatic heterocycles. The second-order valence-corrected chi connectivity index (χ2v) is 5.83. The molecule has 62 valence electrons. The van der Waals surface area contributed by atoms with Gasteiger partial charge in [-0.25, -0.2) is 0 Å². The van der Waals surface area contributed by atoms with E-state index in [1.807, 2.05) is 19.1 Å². The van der Waals surface area contributed by atoms with Crippen LogP contribution in [0.3, 0.4) is 0 Å². The van der Waals surface area contributed by atoms with Crippen molar-refractivity contribution in [2.45, 2.75) is 13.8 Å². The summed E-state index contributed by atoms with van der Waals surface area (Å²) in [6.07, 6.45) is 0. The fourth-order valence-corrected chi connectivity index (χ4v) is 2.85. The first-order valence-electron chi connectivity index (χ1n) is 3.59. The van der Waals surface area contributed by atoms with Crippen LogP contribution in [-0.2, 0) is 0 Å². The van der Waals surface area contributed by atoms with E-state index in [1.165, 1.54) is 8.00 Å². The molecule has 0 aliphatic rings. The van der Waals surface area contributed by atoms with Crippen LogP contribution in [0.2, 0.25) is 0 Å². The van der Waals surface area contributed by atoms with Crippen LogP contribution >= 0.6 is 0 Å². The van der Waals surface area contributed by atoms with E-state index < -0.39 is 0 Å². The van der Waals surface area contributed by atoms with Gasteiger partial charge in [0.2, 0.25) is 0 Å². The second kappa shape index (κ2) is 4.04. The van der Waals surface area contributed by atoms with Crippen molar-refractivity contribution in [1.82, 2.24) is 0 Å². The standard InChI is InChI=1S/C9H11FI/c1-3-11-8-4-5-9(10)7(2)6-8/h4-6H,3H2,1-2H3/q-1. The number of hydrogen-bond acceptors (Lipinski definition) is 0. The summed E-state index contributed by atoms with van der Waals surface area (Å²) in [5.74, 6) is -0.0890. The van der Waals surface area contributed by atoms with Crippen LogP contribution in [0.1, 0.15) is 12.5 Å².